The maximum atomic E-state index is 5.06. The summed E-state index contributed by atoms with van der Waals surface area (Å²) >= 11 is 3.61. The third kappa shape index (κ3) is 3.86. The summed E-state index contributed by atoms with van der Waals surface area (Å²) in [5.74, 6) is 3.37. The van der Waals surface area contributed by atoms with Gasteiger partial charge in [0.05, 0.1) is 5.41 Å². The second kappa shape index (κ2) is 10.6. The van der Waals surface area contributed by atoms with Crippen molar-refractivity contribution in [2.45, 2.75) is 5.41 Å². The van der Waals surface area contributed by atoms with Gasteiger partial charge in [-0.3, -0.25) is 9.88 Å². The Bertz CT molecular complexity index is 2340. The molecule has 2 aliphatic rings. The summed E-state index contributed by atoms with van der Waals surface area (Å²) in [6.45, 7) is 0. The molecular weight excluding hydrogens is 631 g/mol. The lowest BCUT2D eigenvalue weighted by molar-refractivity contribution is 0.740. The predicted octanol–water partition coefficient (Wildman–Crippen LogP) is 9.33. The average Bonchev–Trinajstić information content (AvgIpc) is 3.90. The first-order valence-corrected chi connectivity index (χ1v) is 17.3. The molecule has 1 aliphatic heterocycles. The Labute approximate surface area is 284 Å². The van der Waals surface area contributed by atoms with Crippen molar-refractivity contribution in [1.82, 2.24) is 29.9 Å². The Morgan fingerprint density at radius 1 is 0.479 bits per heavy atom. The standard InChI is InChI=1S/C39H23N7S2/c1-2-9-24(10-3-1)34-43-35(45-36(44-34)31-15-4-5-18-40-31)25-11-6-12-26(23-25)46-37-29(13-7-19-41-37)39(30-14-8-20-42-38(30)46)27-16-21-47-32(27)33-28(39)17-22-48-33/h1-23H. The smallest absolute Gasteiger partial charge is 0.182 e. The fourth-order valence-corrected chi connectivity index (χ4v) is 9.23. The number of hydrogen-bond donors (Lipinski definition) is 0. The van der Waals surface area contributed by atoms with E-state index in [0.29, 0.717) is 23.2 Å². The highest BCUT2D eigenvalue weighted by atomic mass is 32.1. The molecule has 0 N–H and O–H groups in total. The molecule has 0 radical (unpaired) electrons. The van der Waals surface area contributed by atoms with Crippen LogP contribution in [0.5, 0.6) is 0 Å². The largest absolute Gasteiger partial charge is 0.278 e. The van der Waals surface area contributed by atoms with Crippen LogP contribution in [-0.2, 0) is 5.41 Å². The van der Waals surface area contributed by atoms with Crippen LogP contribution in [0.1, 0.15) is 22.3 Å². The normalized spacial score (nSPS) is 13.5. The molecule has 6 aromatic heterocycles. The Morgan fingerprint density at radius 3 is 1.75 bits per heavy atom. The SMILES string of the molecule is c1ccc(-c2nc(-c3cccc(N4c5ncccc5C5(c6cccnc64)c4ccsc4-c4sccc45)c3)nc(-c3ccccn3)n2)cc1. The first-order valence-electron chi connectivity index (χ1n) is 15.5. The van der Waals surface area contributed by atoms with E-state index in [9.17, 15) is 0 Å². The molecule has 226 valence electrons. The summed E-state index contributed by atoms with van der Waals surface area (Å²) in [5.41, 5.74) is 7.72. The molecule has 0 saturated heterocycles. The van der Waals surface area contributed by atoms with Gasteiger partial charge in [0.1, 0.15) is 17.3 Å². The van der Waals surface area contributed by atoms with Crippen LogP contribution >= 0.6 is 22.7 Å². The van der Waals surface area contributed by atoms with E-state index in [1.54, 1.807) is 28.9 Å². The van der Waals surface area contributed by atoms with E-state index in [4.69, 9.17) is 24.9 Å². The fraction of sp³-hybridized carbons (Fsp3) is 0.0256. The Hall–Kier alpha value is -5.90. The number of benzene rings is 2. The number of pyridine rings is 3. The van der Waals surface area contributed by atoms with Gasteiger partial charge in [0.25, 0.3) is 0 Å². The van der Waals surface area contributed by atoms with E-state index in [2.05, 4.69) is 57.0 Å². The second-order valence-electron chi connectivity index (χ2n) is 11.6. The lowest BCUT2D eigenvalue weighted by Gasteiger charge is -2.42. The van der Waals surface area contributed by atoms with Gasteiger partial charge >= 0.3 is 0 Å². The maximum Gasteiger partial charge on any atom is 0.182 e. The average molecular weight is 654 g/mol. The second-order valence-corrected chi connectivity index (χ2v) is 13.4. The van der Waals surface area contributed by atoms with Gasteiger partial charge in [0.2, 0.25) is 0 Å². The van der Waals surface area contributed by atoms with Gasteiger partial charge in [0.15, 0.2) is 17.5 Å². The van der Waals surface area contributed by atoms with Crippen LogP contribution in [0.3, 0.4) is 0 Å². The molecule has 0 bridgehead atoms. The van der Waals surface area contributed by atoms with E-state index in [1.165, 1.54) is 20.9 Å². The molecule has 1 aliphatic carbocycles. The number of aromatic nitrogens is 6. The van der Waals surface area contributed by atoms with Gasteiger partial charge in [-0.1, -0.05) is 60.7 Å². The minimum atomic E-state index is -0.498. The quantitative estimate of drug-likeness (QED) is 0.187. The Balaban J connectivity index is 1.18. The lowest BCUT2D eigenvalue weighted by atomic mass is 9.67. The molecule has 48 heavy (non-hydrogen) atoms. The highest BCUT2D eigenvalue weighted by Gasteiger charge is 2.53. The Kier molecular flexibility index (Phi) is 5.99. The van der Waals surface area contributed by atoms with E-state index in [0.717, 1.165) is 39.6 Å². The summed E-state index contributed by atoms with van der Waals surface area (Å²) in [6.07, 6.45) is 5.49. The van der Waals surface area contributed by atoms with Crippen LogP contribution in [0, 0.1) is 0 Å². The van der Waals surface area contributed by atoms with Crippen LogP contribution in [0.4, 0.5) is 17.3 Å². The van der Waals surface area contributed by atoms with Gasteiger partial charge < -0.3 is 0 Å². The molecule has 1 spiro atoms. The molecule has 0 unspecified atom stereocenters. The molecule has 0 amide bonds. The summed E-state index contributed by atoms with van der Waals surface area (Å²) in [5, 5.41) is 4.41. The minimum absolute atomic E-state index is 0.498. The molecule has 0 atom stereocenters. The van der Waals surface area contributed by atoms with E-state index in [-0.39, 0.29) is 0 Å². The molecular formula is C39H23N7S2. The summed E-state index contributed by atoms with van der Waals surface area (Å²) < 4.78 is 0. The minimum Gasteiger partial charge on any atom is -0.278 e. The van der Waals surface area contributed by atoms with Gasteiger partial charge in [-0.25, -0.2) is 24.9 Å². The van der Waals surface area contributed by atoms with Gasteiger partial charge in [0, 0.05) is 56.3 Å². The van der Waals surface area contributed by atoms with Crippen LogP contribution < -0.4 is 4.90 Å². The van der Waals surface area contributed by atoms with Gasteiger partial charge in [-0.15, -0.1) is 22.7 Å². The fourth-order valence-electron chi connectivity index (χ4n) is 7.13. The van der Waals surface area contributed by atoms with Crippen molar-refractivity contribution >= 4 is 40.0 Å². The molecule has 2 aromatic carbocycles. The number of nitrogens with zero attached hydrogens (tertiary/aromatic N) is 7. The zero-order valence-electron chi connectivity index (χ0n) is 25.2. The summed E-state index contributed by atoms with van der Waals surface area (Å²) in [4.78, 5) is 34.2. The van der Waals surface area contributed by atoms with Crippen LogP contribution in [0.2, 0.25) is 0 Å². The number of rotatable bonds is 4. The lowest BCUT2D eigenvalue weighted by Crippen LogP contribution is -2.36. The molecule has 7 nitrogen and oxygen atoms in total. The molecule has 9 heteroatoms. The maximum absolute atomic E-state index is 5.06. The molecule has 0 saturated carbocycles. The molecule has 7 heterocycles. The number of hydrogen-bond acceptors (Lipinski definition) is 9. The van der Waals surface area contributed by atoms with Crippen molar-refractivity contribution in [2.24, 2.45) is 0 Å². The number of fused-ring (bicyclic) bond motifs is 9. The predicted molar refractivity (Wildman–Crippen MR) is 191 cm³/mol. The van der Waals surface area contributed by atoms with Crippen molar-refractivity contribution in [1.29, 1.82) is 0 Å². The van der Waals surface area contributed by atoms with E-state index < -0.39 is 5.41 Å². The topological polar surface area (TPSA) is 80.6 Å². The zero-order chi connectivity index (χ0) is 31.7. The highest BCUT2D eigenvalue weighted by Crippen LogP contribution is 2.64. The third-order valence-corrected chi connectivity index (χ3v) is 11.1. The Morgan fingerprint density at radius 2 is 1.08 bits per heavy atom. The van der Waals surface area contributed by atoms with Crippen molar-refractivity contribution in [3.63, 3.8) is 0 Å². The van der Waals surface area contributed by atoms with E-state index >= 15 is 0 Å². The zero-order valence-corrected chi connectivity index (χ0v) is 26.9. The number of anilines is 3. The van der Waals surface area contributed by atoms with Gasteiger partial charge in [-0.05, 0) is 70.4 Å². The number of thiophene rings is 2. The third-order valence-electron chi connectivity index (χ3n) is 9.07. The monoisotopic (exact) mass is 653 g/mol. The van der Waals surface area contributed by atoms with Crippen molar-refractivity contribution in [3.8, 4) is 44.0 Å². The first-order chi connectivity index (χ1) is 23.8. The molecule has 10 rings (SSSR count). The van der Waals surface area contributed by atoms with Crippen molar-refractivity contribution in [2.75, 3.05) is 4.90 Å². The van der Waals surface area contributed by atoms with Gasteiger partial charge in [-0.2, -0.15) is 0 Å². The molecule has 0 fully saturated rings. The van der Waals surface area contributed by atoms with Crippen LogP contribution in [-0.4, -0.2) is 29.9 Å². The van der Waals surface area contributed by atoms with Crippen LogP contribution in [0.25, 0.3) is 44.0 Å². The van der Waals surface area contributed by atoms with E-state index in [1.807, 2.05) is 85.2 Å². The van der Waals surface area contributed by atoms with Crippen molar-refractivity contribution in [3.05, 3.63) is 161 Å². The van der Waals surface area contributed by atoms with Crippen LogP contribution in [0.15, 0.2) is 139 Å². The van der Waals surface area contributed by atoms with Crippen molar-refractivity contribution < 1.29 is 0 Å². The summed E-state index contributed by atoms with van der Waals surface area (Å²) in [7, 11) is 0. The first kappa shape index (κ1) is 27.2. The highest BCUT2D eigenvalue weighted by molar-refractivity contribution is 7.21. The molecule has 8 aromatic rings. The summed E-state index contributed by atoms with van der Waals surface area (Å²) in [6, 6.07) is 37.1.